The lowest BCUT2D eigenvalue weighted by Gasteiger charge is -2.26. The fraction of sp³-hybridized carbons (Fsp3) is 0.417. The molecule has 10 nitrogen and oxygen atoms in total. The first-order valence-electron chi connectivity index (χ1n) is 11.8. The van der Waals surface area contributed by atoms with Crippen LogP contribution in [0.2, 0.25) is 0 Å². The van der Waals surface area contributed by atoms with Gasteiger partial charge in [-0.25, -0.2) is 14.4 Å². The van der Waals surface area contributed by atoms with Crippen molar-refractivity contribution < 1.29 is 13.9 Å². The van der Waals surface area contributed by atoms with Gasteiger partial charge in [-0.15, -0.1) is 0 Å². The minimum absolute atomic E-state index is 0.0624. The Bertz CT molecular complexity index is 1250. The van der Waals surface area contributed by atoms with Crippen molar-refractivity contribution in [3.05, 3.63) is 41.6 Å². The topological polar surface area (TPSA) is 115 Å². The molecule has 3 aromatic rings. The molecule has 3 N–H and O–H groups in total. The van der Waals surface area contributed by atoms with Gasteiger partial charge in [0.2, 0.25) is 5.95 Å². The molecule has 0 bridgehead atoms. The highest BCUT2D eigenvalue weighted by molar-refractivity contribution is 5.88. The van der Waals surface area contributed by atoms with Gasteiger partial charge in [-0.2, -0.15) is 9.97 Å². The molecule has 2 aliphatic heterocycles. The Balaban J connectivity index is 1.35. The number of hydrogen-bond donors (Lipinski definition) is 2. The van der Waals surface area contributed by atoms with Crippen LogP contribution >= 0.6 is 0 Å². The Hall–Kier alpha value is -3.57. The van der Waals surface area contributed by atoms with Gasteiger partial charge in [0, 0.05) is 56.9 Å². The number of hydrogen-bond acceptors (Lipinski definition) is 10. The van der Waals surface area contributed by atoms with Gasteiger partial charge in [-0.1, -0.05) is 0 Å². The average molecular weight is 479 g/mol. The molecule has 1 aromatic carbocycles. The lowest BCUT2D eigenvalue weighted by molar-refractivity contribution is 0.122. The van der Waals surface area contributed by atoms with E-state index in [2.05, 4.69) is 25.1 Å². The molecule has 1 aliphatic carbocycles. The maximum absolute atomic E-state index is 14.4. The SMILES string of the molecule is CNc1cc(F)cc2c1Cc1nc(Oc3cnc(N4CCOCC4)nc3)nc(N3CC[C@H](N)C3)c1-2. The molecule has 182 valence electrons. The van der Waals surface area contributed by atoms with E-state index in [0.717, 1.165) is 59.9 Å². The monoisotopic (exact) mass is 478 g/mol. The molecule has 0 saturated carbocycles. The Morgan fingerprint density at radius 1 is 1.11 bits per heavy atom. The molecule has 0 spiro atoms. The number of nitrogens with two attached hydrogens (primary N) is 1. The van der Waals surface area contributed by atoms with Crippen LogP contribution in [0, 0.1) is 5.82 Å². The minimum Gasteiger partial charge on any atom is -0.421 e. The summed E-state index contributed by atoms with van der Waals surface area (Å²) < 4.78 is 25.8. The number of rotatable bonds is 5. The van der Waals surface area contributed by atoms with Crippen molar-refractivity contribution in [2.75, 3.05) is 61.6 Å². The highest BCUT2D eigenvalue weighted by Gasteiger charge is 2.32. The first-order chi connectivity index (χ1) is 17.1. The Labute approximate surface area is 202 Å². The van der Waals surface area contributed by atoms with E-state index in [0.29, 0.717) is 37.9 Å². The van der Waals surface area contributed by atoms with Crippen molar-refractivity contribution in [3.63, 3.8) is 0 Å². The van der Waals surface area contributed by atoms with E-state index < -0.39 is 0 Å². The number of benzene rings is 1. The summed E-state index contributed by atoms with van der Waals surface area (Å²) in [5, 5.41) is 3.10. The van der Waals surface area contributed by atoms with Gasteiger partial charge in [0.05, 0.1) is 31.3 Å². The predicted octanol–water partition coefficient (Wildman–Crippen LogP) is 2.18. The van der Waals surface area contributed by atoms with Crippen LogP contribution in [0.5, 0.6) is 11.8 Å². The largest absolute Gasteiger partial charge is 0.421 e. The first-order valence-corrected chi connectivity index (χ1v) is 11.8. The van der Waals surface area contributed by atoms with Crippen molar-refractivity contribution in [1.82, 2.24) is 19.9 Å². The summed E-state index contributed by atoms with van der Waals surface area (Å²) in [5.74, 6) is 1.50. The van der Waals surface area contributed by atoms with Gasteiger partial charge in [0.15, 0.2) is 5.75 Å². The zero-order valence-corrected chi connectivity index (χ0v) is 19.5. The van der Waals surface area contributed by atoms with Gasteiger partial charge < -0.3 is 30.3 Å². The zero-order valence-electron chi connectivity index (χ0n) is 19.5. The quantitative estimate of drug-likeness (QED) is 0.442. The van der Waals surface area contributed by atoms with Crippen LogP contribution in [0.4, 0.5) is 21.8 Å². The average Bonchev–Trinajstić information content (AvgIpc) is 3.47. The summed E-state index contributed by atoms with van der Waals surface area (Å²) in [6.07, 6.45) is 4.68. The van der Waals surface area contributed by atoms with Gasteiger partial charge in [0.25, 0.3) is 0 Å². The Morgan fingerprint density at radius 3 is 2.63 bits per heavy atom. The van der Waals surface area contributed by atoms with E-state index in [-0.39, 0.29) is 17.9 Å². The molecule has 2 fully saturated rings. The van der Waals surface area contributed by atoms with Gasteiger partial charge in [0.1, 0.15) is 11.6 Å². The fourth-order valence-electron chi connectivity index (χ4n) is 4.96. The number of anilines is 3. The maximum Gasteiger partial charge on any atom is 0.324 e. The standard InChI is InChI=1S/C24H27FN8O2/c1-27-19-9-14(25)8-18-17(19)10-20-21(18)22(33-3-2-15(26)13-33)31-24(30-20)35-16-11-28-23(29-12-16)32-4-6-34-7-5-32/h8-9,11-12,15,27H,2-7,10,13,26H2,1H3/t15-/m0/s1. The number of nitrogens with one attached hydrogen (secondary N) is 1. The van der Waals surface area contributed by atoms with E-state index in [1.165, 1.54) is 6.07 Å². The van der Waals surface area contributed by atoms with Gasteiger partial charge in [-0.3, -0.25) is 0 Å². The molecule has 2 aromatic heterocycles. The summed E-state index contributed by atoms with van der Waals surface area (Å²) >= 11 is 0. The third-order valence-corrected chi connectivity index (χ3v) is 6.68. The van der Waals surface area contributed by atoms with Crippen molar-refractivity contribution in [3.8, 4) is 22.9 Å². The van der Waals surface area contributed by atoms with Crippen molar-refractivity contribution in [1.29, 1.82) is 0 Å². The van der Waals surface area contributed by atoms with Crippen LogP contribution in [0.15, 0.2) is 24.5 Å². The highest BCUT2D eigenvalue weighted by atomic mass is 19.1. The minimum atomic E-state index is -0.303. The number of ether oxygens (including phenoxy) is 2. The molecule has 35 heavy (non-hydrogen) atoms. The van der Waals surface area contributed by atoms with Crippen molar-refractivity contribution >= 4 is 17.5 Å². The van der Waals surface area contributed by atoms with Crippen LogP contribution in [0.25, 0.3) is 11.1 Å². The van der Waals surface area contributed by atoms with Gasteiger partial charge in [-0.05, 0) is 29.7 Å². The Morgan fingerprint density at radius 2 is 1.91 bits per heavy atom. The van der Waals surface area contributed by atoms with E-state index in [1.54, 1.807) is 25.5 Å². The third kappa shape index (κ3) is 4.10. The molecular formula is C24H27FN8O2. The first kappa shape index (κ1) is 21.9. The van der Waals surface area contributed by atoms with Crippen molar-refractivity contribution in [2.45, 2.75) is 18.9 Å². The van der Waals surface area contributed by atoms with Crippen LogP contribution < -0.4 is 25.6 Å². The van der Waals surface area contributed by atoms with E-state index in [4.69, 9.17) is 25.2 Å². The third-order valence-electron chi connectivity index (χ3n) is 6.68. The number of halogens is 1. The van der Waals surface area contributed by atoms with Crippen LogP contribution in [-0.4, -0.2) is 72.4 Å². The maximum atomic E-state index is 14.4. The van der Waals surface area contributed by atoms with Crippen LogP contribution in [0.1, 0.15) is 17.7 Å². The summed E-state index contributed by atoms with van der Waals surface area (Å²) in [4.78, 5) is 22.6. The summed E-state index contributed by atoms with van der Waals surface area (Å²) in [7, 11) is 1.79. The normalized spacial score (nSPS) is 19.0. The molecule has 6 rings (SSSR count). The van der Waals surface area contributed by atoms with Gasteiger partial charge >= 0.3 is 6.01 Å². The molecule has 3 aliphatic rings. The smallest absolute Gasteiger partial charge is 0.324 e. The fourth-order valence-corrected chi connectivity index (χ4v) is 4.96. The van der Waals surface area contributed by atoms with Crippen LogP contribution in [-0.2, 0) is 11.2 Å². The molecule has 11 heteroatoms. The number of nitrogens with zero attached hydrogens (tertiary/aromatic N) is 6. The number of aromatic nitrogens is 4. The molecule has 0 radical (unpaired) electrons. The number of morpholine rings is 1. The lowest BCUT2D eigenvalue weighted by atomic mass is 10.0. The molecule has 2 saturated heterocycles. The molecule has 4 heterocycles. The summed E-state index contributed by atoms with van der Waals surface area (Å²) in [5.41, 5.74) is 10.4. The molecule has 1 atom stereocenters. The van der Waals surface area contributed by atoms with E-state index >= 15 is 0 Å². The van der Waals surface area contributed by atoms with Crippen LogP contribution in [0.3, 0.4) is 0 Å². The lowest BCUT2D eigenvalue weighted by Crippen LogP contribution is -2.37. The molecule has 0 unspecified atom stereocenters. The number of fused-ring (bicyclic) bond motifs is 3. The van der Waals surface area contributed by atoms with E-state index in [1.807, 2.05) is 0 Å². The summed E-state index contributed by atoms with van der Waals surface area (Å²) in [6.45, 7) is 4.27. The molecule has 0 amide bonds. The Kier molecular flexibility index (Phi) is 5.57. The highest BCUT2D eigenvalue weighted by Crippen LogP contribution is 2.45. The summed E-state index contributed by atoms with van der Waals surface area (Å²) in [6, 6.07) is 3.34. The second-order valence-electron chi connectivity index (χ2n) is 8.97. The predicted molar refractivity (Wildman–Crippen MR) is 130 cm³/mol. The van der Waals surface area contributed by atoms with Crippen molar-refractivity contribution in [2.24, 2.45) is 5.73 Å². The second-order valence-corrected chi connectivity index (χ2v) is 8.97. The second kappa shape index (κ2) is 8.90. The zero-order chi connectivity index (χ0) is 23.9. The molecular weight excluding hydrogens is 451 g/mol. The van der Waals surface area contributed by atoms with E-state index in [9.17, 15) is 4.39 Å².